The second kappa shape index (κ2) is 6.76. The highest BCUT2D eigenvalue weighted by Gasteiger charge is 2.29. The molecule has 4 N–H and O–H groups in total. The van der Waals surface area contributed by atoms with Gasteiger partial charge in [-0.3, -0.25) is 10.6 Å². The quantitative estimate of drug-likeness (QED) is 0.309. The number of aliphatic hydroxyl groups excluding tert-OH is 1. The number of nitrogens with one attached hydrogen (secondary N) is 2. The summed E-state index contributed by atoms with van der Waals surface area (Å²) in [6, 6.07) is 5.25. The van der Waals surface area contributed by atoms with Crippen molar-refractivity contribution in [1.82, 2.24) is 15.0 Å². The van der Waals surface area contributed by atoms with Crippen LogP contribution < -0.4 is 9.96 Å². The van der Waals surface area contributed by atoms with E-state index in [-0.39, 0.29) is 29.1 Å². The normalized spacial score (nSPS) is 14.4. The Morgan fingerprint density at radius 1 is 1.41 bits per heavy atom. The molecule has 0 bridgehead atoms. The Morgan fingerprint density at radius 3 is 2.89 bits per heavy atom. The maximum Gasteiger partial charge on any atom is 0.205 e. The van der Waals surface area contributed by atoms with E-state index in [0.29, 0.717) is 40.8 Å². The van der Waals surface area contributed by atoms with E-state index in [0.717, 1.165) is 6.07 Å². The average molecular weight is 391 g/mol. The topological polar surface area (TPSA) is 112 Å². The number of nitrogens with zero attached hydrogens (tertiary/aromatic N) is 4. The summed E-state index contributed by atoms with van der Waals surface area (Å²) in [7, 11) is 0. The first kappa shape index (κ1) is 17.7. The molecule has 0 spiro atoms. The van der Waals surface area contributed by atoms with Gasteiger partial charge in [-0.15, -0.1) is 0 Å². The Bertz CT molecular complexity index is 1020. The molecule has 10 heteroatoms. The summed E-state index contributed by atoms with van der Waals surface area (Å²) in [5.74, 6) is -0.0328. The molecule has 1 fully saturated rings. The van der Waals surface area contributed by atoms with E-state index in [9.17, 15) is 9.60 Å². The van der Waals surface area contributed by atoms with Crippen LogP contribution in [0.15, 0.2) is 30.5 Å². The highest BCUT2D eigenvalue weighted by molar-refractivity contribution is 6.31. The van der Waals surface area contributed by atoms with Gasteiger partial charge >= 0.3 is 0 Å². The fourth-order valence-corrected chi connectivity index (χ4v) is 3.14. The van der Waals surface area contributed by atoms with Gasteiger partial charge < -0.3 is 15.0 Å². The molecular weight excluding hydrogens is 375 g/mol. The van der Waals surface area contributed by atoms with Gasteiger partial charge in [-0.1, -0.05) is 11.6 Å². The molecular formula is C17H16ClFN6O2. The van der Waals surface area contributed by atoms with Gasteiger partial charge in [-0.25, -0.2) is 14.4 Å². The number of aromatic amines is 1. The van der Waals surface area contributed by atoms with Gasteiger partial charge in [0.15, 0.2) is 11.5 Å². The minimum absolute atomic E-state index is 0.130. The van der Waals surface area contributed by atoms with Crippen LogP contribution in [0.4, 0.5) is 16.0 Å². The number of halogens is 2. The molecule has 4 rings (SSSR count). The second-order valence-electron chi connectivity index (χ2n) is 6.33. The summed E-state index contributed by atoms with van der Waals surface area (Å²) >= 11 is 5.76. The molecule has 8 nitrogen and oxygen atoms in total. The summed E-state index contributed by atoms with van der Waals surface area (Å²) < 4.78 is 13.3. The lowest BCUT2D eigenvalue weighted by Crippen LogP contribution is -2.48. The number of aromatic nitrogens is 3. The van der Waals surface area contributed by atoms with Gasteiger partial charge in [0.05, 0.1) is 16.2 Å². The van der Waals surface area contributed by atoms with Crippen LogP contribution in [0, 0.1) is 17.1 Å². The Hall–Kier alpha value is -2.75. The van der Waals surface area contributed by atoms with E-state index in [2.05, 4.69) is 15.0 Å². The van der Waals surface area contributed by atoms with Crippen LogP contribution in [0.3, 0.4) is 0 Å². The highest BCUT2D eigenvalue weighted by Crippen LogP contribution is 2.27. The third kappa shape index (κ3) is 3.09. The van der Waals surface area contributed by atoms with E-state index in [4.69, 9.17) is 22.1 Å². The molecule has 27 heavy (non-hydrogen) atoms. The molecule has 2 aromatic heterocycles. The summed E-state index contributed by atoms with van der Waals surface area (Å²) in [5, 5.41) is 28.3. The number of hydroxylamine groups is 1. The van der Waals surface area contributed by atoms with Gasteiger partial charge in [0.1, 0.15) is 5.82 Å². The number of fused-ring (bicyclic) bond motifs is 1. The van der Waals surface area contributed by atoms with E-state index >= 15 is 0 Å². The number of rotatable bonds is 4. The highest BCUT2D eigenvalue weighted by atomic mass is 35.5. The van der Waals surface area contributed by atoms with Crippen LogP contribution in [0.1, 0.15) is 5.56 Å². The van der Waals surface area contributed by atoms with Crippen molar-refractivity contribution in [2.45, 2.75) is 0 Å². The number of H-pyrrole nitrogens is 1. The number of hydrogen-bond donors (Lipinski definition) is 4. The standard InChI is InChI=1S/C17H16ClFN6O2/c18-12-5-10(1-2-13(12)19)25(27)15(20)11-3-4-21-16-14(11)22-17(23-16)24-6-9(7-24)8-26/h1-5,9,20,26-27H,6-8H2,(H,21,22,23). The van der Waals surface area contributed by atoms with Crippen molar-refractivity contribution in [2.75, 3.05) is 29.7 Å². The maximum atomic E-state index is 13.3. The van der Waals surface area contributed by atoms with Crippen molar-refractivity contribution in [2.24, 2.45) is 5.92 Å². The van der Waals surface area contributed by atoms with E-state index in [1.165, 1.54) is 18.3 Å². The summed E-state index contributed by atoms with van der Waals surface area (Å²) in [4.78, 5) is 13.7. The number of pyridine rings is 1. The smallest absolute Gasteiger partial charge is 0.205 e. The van der Waals surface area contributed by atoms with E-state index in [1.54, 1.807) is 6.07 Å². The van der Waals surface area contributed by atoms with Crippen LogP contribution in [-0.4, -0.2) is 50.8 Å². The molecule has 1 aliphatic heterocycles. The Balaban J connectivity index is 1.65. The predicted molar refractivity (Wildman–Crippen MR) is 99.2 cm³/mol. The zero-order chi connectivity index (χ0) is 19.1. The van der Waals surface area contributed by atoms with E-state index < -0.39 is 5.82 Å². The first-order valence-electron chi connectivity index (χ1n) is 8.21. The van der Waals surface area contributed by atoms with Gasteiger partial charge in [-0.05, 0) is 24.3 Å². The summed E-state index contributed by atoms with van der Waals surface area (Å²) in [6.45, 7) is 1.50. The zero-order valence-corrected chi connectivity index (χ0v) is 14.8. The van der Waals surface area contributed by atoms with Crippen molar-refractivity contribution in [3.05, 3.63) is 46.9 Å². The molecule has 1 saturated heterocycles. The molecule has 0 atom stereocenters. The van der Waals surface area contributed by atoms with Gasteiger partial charge in [-0.2, -0.15) is 4.98 Å². The molecule has 0 saturated carbocycles. The lowest BCUT2D eigenvalue weighted by Gasteiger charge is -2.37. The third-order valence-electron chi connectivity index (χ3n) is 4.51. The third-order valence-corrected chi connectivity index (χ3v) is 4.80. The number of benzene rings is 1. The minimum atomic E-state index is -0.611. The predicted octanol–water partition coefficient (Wildman–Crippen LogP) is 2.40. The number of hydrogen-bond acceptors (Lipinski definition) is 6. The van der Waals surface area contributed by atoms with Crippen LogP contribution in [-0.2, 0) is 0 Å². The number of amidine groups is 1. The minimum Gasteiger partial charge on any atom is -0.396 e. The monoisotopic (exact) mass is 390 g/mol. The van der Waals surface area contributed by atoms with Crippen molar-refractivity contribution in [3.8, 4) is 0 Å². The van der Waals surface area contributed by atoms with Gasteiger partial charge in [0.2, 0.25) is 5.95 Å². The molecule has 3 heterocycles. The number of aliphatic hydroxyl groups is 1. The molecule has 1 aromatic carbocycles. The zero-order valence-electron chi connectivity index (χ0n) is 14.0. The molecule has 140 valence electrons. The molecule has 1 aliphatic rings. The van der Waals surface area contributed by atoms with Crippen molar-refractivity contribution >= 4 is 40.2 Å². The summed E-state index contributed by atoms with van der Waals surface area (Å²) in [5.41, 5.74) is 1.44. The fraction of sp³-hybridized carbons (Fsp3) is 0.235. The SMILES string of the molecule is N=C(c1ccnc2nc(N3CC(CO)C3)[nH]c12)N(O)c1ccc(F)c(Cl)c1. The van der Waals surface area contributed by atoms with Crippen LogP contribution in [0.5, 0.6) is 0 Å². The van der Waals surface area contributed by atoms with Crippen LogP contribution >= 0.6 is 11.6 Å². The number of imidazole rings is 1. The van der Waals surface area contributed by atoms with Crippen molar-refractivity contribution in [1.29, 1.82) is 5.41 Å². The van der Waals surface area contributed by atoms with Crippen LogP contribution in [0.2, 0.25) is 5.02 Å². The molecule has 0 aliphatic carbocycles. The Labute approximate surface area is 158 Å². The molecule has 0 amide bonds. The fourth-order valence-electron chi connectivity index (χ4n) is 2.96. The Kier molecular flexibility index (Phi) is 4.42. The van der Waals surface area contributed by atoms with Crippen LogP contribution in [0.25, 0.3) is 11.2 Å². The second-order valence-corrected chi connectivity index (χ2v) is 6.74. The first-order valence-corrected chi connectivity index (χ1v) is 8.59. The molecule has 0 radical (unpaired) electrons. The molecule has 0 unspecified atom stereocenters. The van der Waals surface area contributed by atoms with Gasteiger partial charge in [0, 0.05) is 37.4 Å². The molecule has 3 aromatic rings. The largest absolute Gasteiger partial charge is 0.396 e. The number of anilines is 2. The van der Waals surface area contributed by atoms with Gasteiger partial charge in [0.25, 0.3) is 0 Å². The Morgan fingerprint density at radius 2 is 2.19 bits per heavy atom. The maximum absolute atomic E-state index is 13.3. The summed E-state index contributed by atoms with van der Waals surface area (Å²) in [6.07, 6.45) is 1.49. The average Bonchev–Trinajstić information content (AvgIpc) is 3.05. The van der Waals surface area contributed by atoms with E-state index in [1.807, 2.05) is 4.90 Å². The first-order chi connectivity index (χ1) is 13.0. The lowest BCUT2D eigenvalue weighted by molar-refractivity contribution is 0.199. The lowest BCUT2D eigenvalue weighted by atomic mass is 10.0. The van der Waals surface area contributed by atoms with Crippen molar-refractivity contribution < 1.29 is 14.7 Å². The van der Waals surface area contributed by atoms with Crippen molar-refractivity contribution in [3.63, 3.8) is 0 Å².